The molecule has 0 amide bonds. The van der Waals surface area contributed by atoms with Gasteiger partial charge in [0.05, 0.1) is 0 Å². The van der Waals surface area contributed by atoms with Crippen LogP contribution < -0.4 is 4.72 Å². The smallest absolute Gasteiger partial charge is 0.242 e. The molecule has 1 aliphatic carbocycles. The Hall–Kier alpha value is -0.170. The van der Waals surface area contributed by atoms with E-state index in [4.69, 9.17) is 11.6 Å². The summed E-state index contributed by atoms with van der Waals surface area (Å²) < 4.78 is 28.2. The maximum absolute atomic E-state index is 12.4. The summed E-state index contributed by atoms with van der Waals surface area (Å²) in [5.41, 5.74) is 0. The lowest BCUT2D eigenvalue weighted by atomic mass is 10.0. The second kappa shape index (κ2) is 6.73. The summed E-state index contributed by atoms with van der Waals surface area (Å²) in [5.74, 6) is 0.667. The molecule has 2 unspecified atom stereocenters. The van der Waals surface area contributed by atoms with Crippen molar-refractivity contribution in [3.63, 3.8) is 0 Å². The molecule has 2 rings (SSSR count). The molecule has 0 saturated heterocycles. The molecule has 1 fully saturated rings. The van der Waals surface area contributed by atoms with Crippen LogP contribution in [-0.2, 0) is 10.0 Å². The first-order valence-electron chi connectivity index (χ1n) is 6.72. The summed E-state index contributed by atoms with van der Waals surface area (Å²) in [7, 11) is -3.62. The Morgan fingerprint density at radius 2 is 2.10 bits per heavy atom. The van der Waals surface area contributed by atoms with Crippen LogP contribution in [0.2, 0.25) is 5.15 Å². The Morgan fingerprint density at radius 3 is 2.85 bits per heavy atom. The molecule has 1 aromatic heterocycles. The van der Waals surface area contributed by atoms with Gasteiger partial charge in [0.2, 0.25) is 10.0 Å². The molecular formula is C13H18BrClN2O2S. The van der Waals surface area contributed by atoms with Crippen LogP contribution in [0.25, 0.3) is 0 Å². The zero-order valence-corrected chi connectivity index (χ0v) is 14.4. The first kappa shape index (κ1) is 16.2. The fourth-order valence-electron chi connectivity index (χ4n) is 2.48. The van der Waals surface area contributed by atoms with E-state index in [0.29, 0.717) is 10.4 Å². The second-order valence-electron chi connectivity index (χ2n) is 5.37. The van der Waals surface area contributed by atoms with Crippen molar-refractivity contribution in [2.45, 2.75) is 50.0 Å². The fraction of sp³-hybridized carbons (Fsp3) is 0.615. The molecule has 0 bridgehead atoms. The molecule has 112 valence electrons. The van der Waals surface area contributed by atoms with E-state index in [1.165, 1.54) is 12.3 Å². The molecule has 0 spiro atoms. The van der Waals surface area contributed by atoms with Crippen LogP contribution in [0.15, 0.2) is 21.6 Å². The van der Waals surface area contributed by atoms with Gasteiger partial charge in [0.25, 0.3) is 0 Å². The molecule has 1 N–H and O–H groups in total. The van der Waals surface area contributed by atoms with Crippen molar-refractivity contribution in [2.75, 3.05) is 0 Å². The number of hydrogen-bond donors (Lipinski definition) is 1. The van der Waals surface area contributed by atoms with Gasteiger partial charge in [0, 0.05) is 16.7 Å². The van der Waals surface area contributed by atoms with Crippen LogP contribution >= 0.6 is 27.5 Å². The van der Waals surface area contributed by atoms with Crippen LogP contribution in [0, 0.1) is 5.92 Å². The van der Waals surface area contributed by atoms with Crippen LogP contribution in [0.5, 0.6) is 0 Å². The quantitative estimate of drug-likeness (QED) is 0.641. The molecule has 1 aromatic rings. The van der Waals surface area contributed by atoms with Crippen molar-refractivity contribution in [1.82, 2.24) is 9.71 Å². The minimum Gasteiger partial charge on any atom is -0.242 e. The molecule has 1 saturated carbocycles. The molecule has 0 radical (unpaired) electrons. The molecule has 1 heterocycles. The van der Waals surface area contributed by atoms with Gasteiger partial charge < -0.3 is 0 Å². The molecular weight excluding hydrogens is 364 g/mol. The third-order valence-electron chi connectivity index (χ3n) is 3.64. The lowest BCUT2D eigenvalue weighted by Gasteiger charge is -2.17. The SMILES string of the molecule is CC1CCCC(NS(=O)(=O)c2cc(Br)cnc2Cl)CC1. The van der Waals surface area contributed by atoms with Crippen LogP contribution in [-0.4, -0.2) is 19.4 Å². The van der Waals surface area contributed by atoms with Crippen LogP contribution in [0.3, 0.4) is 0 Å². The summed E-state index contributed by atoms with van der Waals surface area (Å²) in [5, 5.41) is 0.00249. The van der Waals surface area contributed by atoms with Gasteiger partial charge in [-0.2, -0.15) is 0 Å². The first-order valence-corrected chi connectivity index (χ1v) is 9.37. The third kappa shape index (κ3) is 4.16. The summed E-state index contributed by atoms with van der Waals surface area (Å²) in [6.07, 6.45) is 6.50. The highest BCUT2D eigenvalue weighted by molar-refractivity contribution is 9.10. The molecule has 2 atom stereocenters. The zero-order valence-electron chi connectivity index (χ0n) is 11.3. The van der Waals surface area contributed by atoms with Gasteiger partial charge in [0.15, 0.2) is 0 Å². The number of nitrogens with zero attached hydrogens (tertiary/aromatic N) is 1. The van der Waals surface area contributed by atoms with Gasteiger partial charge in [0.1, 0.15) is 10.0 Å². The van der Waals surface area contributed by atoms with Crippen LogP contribution in [0.4, 0.5) is 0 Å². The number of nitrogens with one attached hydrogen (secondary N) is 1. The highest BCUT2D eigenvalue weighted by atomic mass is 79.9. The number of pyridine rings is 1. The monoisotopic (exact) mass is 380 g/mol. The maximum Gasteiger partial charge on any atom is 0.243 e. The Morgan fingerprint density at radius 1 is 1.35 bits per heavy atom. The lowest BCUT2D eigenvalue weighted by Crippen LogP contribution is -2.34. The normalized spacial score (nSPS) is 24.4. The predicted molar refractivity (Wildman–Crippen MR) is 83.3 cm³/mol. The van der Waals surface area contributed by atoms with E-state index in [9.17, 15) is 8.42 Å². The maximum atomic E-state index is 12.4. The van der Waals surface area contributed by atoms with Gasteiger partial charge in [-0.05, 0) is 47.2 Å². The van der Waals surface area contributed by atoms with Crippen molar-refractivity contribution in [3.05, 3.63) is 21.9 Å². The molecule has 1 aliphatic rings. The number of halogens is 2. The average Bonchev–Trinajstić information content (AvgIpc) is 2.57. The Balaban J connectivity index is 2.16. The highest BCUT2D eigenvalue weighted by Gasteiger charge is 2.25. The van der Waals surface area contributed by atoms with Gasteiger partial charge in [-0.15, -0.1) is 0 Å². The van der Waals surface area contributed by atoms with Crippen LogP contribution in [0.1, 0.15) is 39.0 Å². The largest absolute Gasteiger partial charge is 0.243 e. The van der Waals surface area contributed by atoms with E-state index in [2.05, 4.69) is 32.6 Å². The minimum atomic E-state index is -3.62. The summed E-state index contributed by atoms with van der Waals surface area (Å²) in [4.78, 5) is 3.90. The van der Waals surface area contributed by atoms with Gasteiger partial charge in [-0.1, -0.05) is 31.4 Å². The van der Waals surface area contributed by atoms with E-state index in [1.54, 1.807) is 0 Å². The minimum absolute atomic E-state index is 0.00249. The molecule has 4 nitrogen and oxygen atoms in total. The van der Waals surface area contributed by atoms with E-state index in [1.807, 2.05) is 0 Å². The van der Waals surface area contributed by atoms with E-state index >= 15 is 0 Å². The third-order valence-corrected chi connectivity index (χ3v) is 6.02. The fourth-order valence-corrected chi connectivity index (χ4v) is 4.73. The number of aromatic nitrogens is 1. The standard InChI is InChI=1S/C13H18BrClN2O2S/c1-9-3-2-4-11(6-5-9)17-20(18,19)12-7-10(14)8-16-13(12)15/h7-9,11,17H,2-6H2,1H3. The zero-order chi connectivity index (χ0) is 14.8. The lowest BCUT2D eigenvalue weighted by molar-refractivity contribution is 0.484. The van der Waals surface area contributed by atoms with E-state index in [-0.39, 0.29) is 16.1 Å². The molecule has 0 aliphatic heterocycles. The average molecular weight is 382 g/mol. The first-order chi connectivity index (χ1) is 9.38. The Kier molecular flexibility index (Phi) is 5.45. The van der Waals surface area contributed by atoms with Crippen molar-refractivity contribution in [2.24, 2.45) is 5.92 Å². The summed E-state index contributed by atoms with van der Waals surface area (Å²) >= 11 is 9.12. The second-order valence-corrected chi connectivity index (χ2v) is 8.33. The van der Waals surface area contributed by atoms with Gasteiger partial charge in [-0.25, -0.2) is 18.1 Å². The highest BCUT2D eigenvalue weighted by Crippen LogP contribution is 2.26. The molecule has 0 aromatic carbocycles. The van der Waals surface area contributed by atoms with Gasteiger partial charge >= 0.3 is 0 Å². The number of rotatable bonds is 3. The molecule has 20 heavy (non-hydrogen) atoms. The summed E-state index contributed by atoms with van der Waals surface area (Å²) in [6.45, 7) is 2.21. The molecule has 7 heteroatoms. The number of sulfonamides is 1. The van der Waals surface area contributed by atoms with E-state index < -0.39 is 10.0 Å². The number of hydrogen-bond acceptors (Lipinski definition) is 3. The van der Waals surface area contributed by atoms with Crippen molar-refractivity contribution in [1.29, 1.82) is 0 Å². The van der Waals surface area contributed by atoms with E-state index in [0.717, 1.165) is 32.1 Å². The predicted octanol–water partition coefficient (Wildman–Crippen LogP) is 3.74. The topological polar surface area (TPSA) is 59.1 Å². The van der Waals surface area contributed by atoms with Crippen molar-refractivity contribution >= 4 is 37.6 Å². The Bertz CT molecular complexity index is 580. The summed E-state index contributed by atoms with van der Waals surface area (Å²) in [6, 6.07) is 1.47. The van der Waals surface area contributed by atoms with Gasteiger partial charge in [-0.3, -0.25) is 0 Å². The van der Waals surface area contributed by atoms with Crippen molar-refractivity contribution < 1.29 is 8.42 Å². The Labute approximate surface area is 133 Å². The van der Waals surface area contributed by atoms with Crippen molar-refractivity contribution in [3.8, 4) is 0 Å².